The maximum Gasteiger partial charge on any atom is 0.230 e. The Morgan fingerprint density at radius 3 is 2.42 bits per heavy atom. The second kappa shape index (κ2) is 9.49. The molecule has 4 aromatic rings. The zero-order valence-corrected chi connectivity index (χ0v) is 21.3. The molecule has 0 atom stereocenters. The molecule has 1 amide bonds. The normalized spacial score (nSPS) is 11.1. The fraction of sp³-hybridized carbons (Fsp3) is 0.280. The number of hydrogen-bond donors (Lipinski definition) is 0. The number of carbonyl (C=O) groups excluding carboxylic acids is 1. The van der Waals surface area contributed by atoms with Crippen molar-refractivity contribution in [3.05, 3.63) is 75.6 Å². The number of nitrogens with zero attached hydrogens (tertiary/aromatic N) is 5. The fourth-order valence-corrected chi connectivity index (χ4v) is 5.89. The average molecular weight is 478 g/mol. The Kier molecular flexibility index (Phi) is 6.67. The van der Waals surface area contributed by atoms with E-state index in [0.717, 1.165) is 39.2 Å². The number of benzene rings is 2. The highest BCUT2D eigenvalue weighted by atomic mass is 32.2. The Hall–Kier alpha value is -2.97. The molecule has 0 aliphatic heterocycles. The van der Waals surface area contributed by atoms with Crippen LogP contribution in [0.2, 0.25) is 0 Å². The van der Waals surface area contributed by atoms with Gasteiger partial charge in [-0.2, -0.15) is 0 Å². The third-order valence-electron chi connectivity index (χ3n) is 5.31. The van der Waals surface area contributed by atoms with Crippen molar-refractivity contribution in [2.45, 2.75) is 52.5 Å². The van der Waals surface area contributed by atoms with Crippen molar-refractivity contribution in [1.82, 2.24) is 19.7 Å². The summed E-state index contributed by atoms with van der Waals surface area (Å²) in [5, 5.41) is 12.2. The molecule has 0 unspecified atom stereocenters. The molecule has 2 aromatic heterocycles. The minimum Gasteiger partial charge on any atom is -0.274 e. The molecule has 0 radical (unpaired) electrons. The lowest BCUT2D eigenvalue weighted by molar-refractivity contribution is -0.115. The van der Waals surface area contributed by atoms with Crippen LogP contribution >= 0.6 is 23.1 Å². The number of aromatic nitrogens is 4. The minimum atomic E-state index is -0.0478. The van der Waals surface area contributed by atoms with E-state index in [-0.39, 0.29) is 5.91 Å². The number of amides is 1. The first-order valence-electron chi connectivity index (χ1n) is 10.7. The quantitative estimate of drug-likeness (QED) is 0.308. The molecule has 0 N–H and O–H groups in total. The monoisotopic (exact) mass is 477 g/mol. The summed E-state index contributed by atoms with van der Waals surface area (Å²) in [6, 6.07) is 12.5. The number of rotatable bonds is 6. The fourth-order valence-electron chi connectivity index (χ4n) is 4.02. The van der Waals surface area contributed by atoms with Crippen LogP contribution in [-0.4, -0.2) is 25.7 Å². The molecule has 0 fully saturated rings. The van der Waals surface area contributed by atoms with Gasteiger partial charge in [0.1, 0.15) is 5.82 Å². The van der Waals surface area contributed by atoms with Gasteiger partial charge < -0.3 is 0 Å². The Morgan fingerprint density at radius 1 is 1.03 bits per heavy atom. The highest BCUT2D eigenvalue weighted by Gasteiger charge is 2.22. The zero-order valence-electron chi connectivity index (χ0n) is 19.7. The van der Waals surface area contributed by atoms with Gasteiger partial charge in [0.25, 0.3) is 0 Å². The molecule has 0 bridgehead atoms. The van der Waals surface area contributed by atoms with E-state index in [1.165, 1.54) is 22.5 Å². The number of thiazole rings is 1. The molecule has 2 aromatic carbocycles. The summed E-state index contributed by atoms with van der Waals surface area (Å²) in [6.07, 6.45) is 0. The van der Waals surface area contributed by atoms with Gasteiger partial charge in [-0.05, 0) is 63.4 Å². The predicted molar refractivity (Wildman–Crippen MR) is 136 cm³/mol. The Labute approximate surface area is 202 Å². The van der Waals surface area contributed by atoms with E-state index >= 15 is 0 Å². The van der Waals surface area contributed by atoms with Crippen LogP contribution in [0.25, 0.3) is 5.69 Å². The second-order valence-electron chi connectivity index (χ2n) is 8.22. The van der Waals surface area contributed by atoms with Crippen molar-refractivity contribution >= 4 is 39.8 Å². The van der Waals surface area contributed by atoms with Gasteiger partial charge in [0.15, 0.2) is 10.3 Å². The lowest BCUT2D eigenvalue weighted by Gasteiger charge is -2.23. The zero-order chi connectivity index (χ0) is 23.7. The molecule has 0 aliphatic rings. The summed E-state index contributed by atoms with van der Waals surface area (Å²) in [6.45, 7) is 11.8. The van der Waals surface area contributed by atoms with Crippen LogP contribution in [0.4, 0.5) is 10.8 Å². The van der Waals surface area contributed by atoms with E-state index in [2.05, 4.69) is 58.9 Å². The van der Waals surface area contributed by atoms with Crippen LogP contribution in [0.3, 0.4) is 0 Å². The van der Waals surface area contributed by atoms with E-state index in [1.54, 1.807) is 23.6 Å². The minimum absolute atomic E-state index is 0.0478. The van der Waals surface area contributed by atoms with Crippen molar-refractivity contribution in [3.8, 4) is 5.69 Å². The van der Waals surface area contributed by atoms with Gasteiger partial charge in [-0.25, -0.2) is 4.98 Å². The van der Waals surface area contributed by atoms with Gasteiger partial charge >= 0.3 is 0 Å². The third-order valence-corrected chi connectivity index (χ3v) is 7.15. The molecule has 4 rings (SSSR count). The summed E-state index contributed by atoms with van der Waals surface area (Å²) in [5.41, 5.74) is 7.37. The first-order chi connectivity index (χ1) is 15.7. The smallest absolute Gasteiger partial charge is 0.230 e. The van der Waals surface area contributed by atoms with Gasteiger partial charge in [-0.3, -0.25) is 14.3 Å². The van der Waals surface area contributed by atoms with Gasteiger partial charge in [-0.1, -0.05) is 41.6 Å². The van der Waals surface area contributed by atoms with Crippen LogP contribution in [-0.2, 0) is 10.5 Å². The van der Waals surface area contributed by atoms with Gasteiger partial charge in [0, 0.05) is 23.7 Å². The SMILES string of the molecule is CC(=O)N(c1nc(CSc2nnc(C)n2-c2cccc(C)c2)cs1)c1c(C)cc(C)cc1C. The molecule has 0 aliphatic carbocycles. The predicted octanol–water partition coefficient (Wildman–Crippen LogP) is 6.24. The van der Waals surface area contributed by atoms with Gasteiger partial charge in [0.2, 0.25) is 5.91 Å². The van der Waals surface area contributed by atoms with Crippen LogP contribution in [0, 0.1) is 34.6 Å². The molecular formula is C25H27N5OS2. The van der Waals surface area contributed by atoms with E-state index in [4.69, 9.17) is 4.98 Å². The van der Waals surface area contributed by atoms with Gasteiger partial charge in [0.05, 0.1) is 11.4 Å². The molecule has 33 heavy (non-hydrogen) atoms. The lowest BCUT2D eigenvalue weighted by Crippen LogP contribution is -2.24. The van der Waals surface area contributed by atoms with Crippen molar-refractivity contribution in [2.75, 3.05) is 4.90 Å². The van der Waals surface area contributed by atoms with E-state index in [1.807, 2.05) is 32.2 Å². The standard InChI is InChI=1S/C25H27N5OS2/c1-15-8-7-9-22(12-15)29-19(5)27-28-25(29)33-14-21-13-32-24(26-21)30(20(6)31)23-17(3)10-16(2)11-18(23)4/h7-13H,14H2,1-6H3. The Balaban J connectivity index is 1.59. The van der Waals surface area contributed by atoms with E-state index < -0.39 is 0 Å². The molecule has 0 saturated carbocycles. The number of carbonyl (C=O) groups is 1. The van der Waals surface area contributed by atoms with E-state index in [0.29, 0.717) is 10.9 Å². The summed E-state index contributed by atoms with van der Waals surface area (Å²) in [7, 11) is 0. The van der Waals surface area contributed by atoms with Gasteiger partial charge in [-0.15, -0.1) is 21.5 Å². The van der Waals surface area contributed by atoms with Crippen LogP contribution in [0.15, 0.2) is 46.9 Å². The first-order valence-corrected chi connectivity index (χ1v) is 12.6. The van der Waals surface area contributed by atoms with Crippen molar-refractivity contribution in [2.24, 2.45) is 0 Å². The maximum atomic E-state index is 12.6. The van der Waals surface area contributed by atoms with Crippen LogP contribution in [0.1, 0.15) is 40.7 Å². The summed E-state index contributed by atoms with van der Waals surface area (Å²) >= 11 is 3.07. The number of hydrogen-bond acceptors (Lipinski definition) is 6. The van der Waals surface area contributed by atoms with Crippen LogP contribution in [0.5, 0.6) is 0 Å². The molecule has 0 spiro atoms. The summed E-state index contributed by atoms with van der Waals surface area (Å²) < 4.78 is 2.06. The number of aryl methyl sites for hydroxylation is 5. The molecule has 0 saturated heterocycles. The number of anilines is 2. The Bertz CT molecular complexity index is 1300. The Morgan fingerprint density at radius 2 is 1.76 bits per heavy atom. The van der Waals surface area contributed by atoms with Crippen molar-refractivity contribution < 1.29 is 4.79 Å². The highest BCUT2D eigenvalue weighted by molar-refractivity contribution is 7.98. The molecule has 6 nitrogen and oxygen atoms in total. The van der Waals surface area contributed by atoms with Crippen molar-refractivity contribution in [1.29, 1.82) is 0 Å². The average Bonchev–Trinajstić information content (AvgIpc) is 3.35. The molecule has 2 heterocycles. The maximum absolute atomic E-state index is 12.6. The summed E-state index contributed by atoms with van der Waals surface area (Å²) in [4.78, 5) is 19.1. The van der Waals surface area contributed by atoms with Crippen molar-refractivity contribution in [3.63, 3.8) is 0 Å². The largest absolute Gasteiger partial charge is 0.274 e. The topological polar surface area (TPSA) is 63.9 Å². The number of thioether (sulfide) groups is 1. The molecular weight excluding hydrogens is 450 g/mol. The summed E-state index contributed by atoms with van der Waals surface area (Å²) in [5.74, 6) is 1.43. The first kappa shape index (κ1) is 23.2. The highest BCUT2D eigenvalue weighted by Crippen LogP contribution is 2.35. The lowest BCUT2D eigenvalue weighted by atomic mass is 10.0. The molecule has 170 valence electrons. The molecule has 8 heteroatoms. The van der Waals surface area contributed by atoms with E-state index in [9.17, 15) is 4.79 Å². The second-order valence-corrected chi connectivity index (χ2v) is 10.00. The third kappa shape index (κ3) is 4.86. The van der Waals surface area contributed by atoms with Crippen LogP contribution < -0.4 is 4.90 Å².